The van der Waals surface area contributed by atoms with Crippen molar-refractivity contribution < 1.29 is 16.8 Å². The topological polar surface area (TPSA) is 106 Å². The van der Waals surface area contributed by atoms with Gasteiger partial charge >= 0.3 is 0 Å². The van der Waals surface area contributed by atoms with Crippen molar-refractivity contribution in [1.29, 1.82) is 0 Å². The zero-order valence-corrected chi connectivity index (χ0v) is 14.1. The van der Waals surface area contributed by atoms with Gasteiger partial charge in [0.25, 0.3) is 0 Å². The van der Waals surface area contributed by atoms with Crippen LogP contribution in [0.25, 0.3) is 0 Å². The summed E-state index contributed by atoms with van der Waals surface area (Å²) in [5, 5.41) is 0. The van der Waals surface area contributed by atoms with E-state index >= 15 is 0 Å². The Hall–Kier alpha value is -1.12. The molecule has 6 nitrogen and oxygen atoms in total. The van der Waals surface area contributed by atoms with Crippen molar-refractivity contribution in [1.82, 2.24) is 0 Å². The fourth-order valence-corrected chi connectivity index (χ4v) is 4.28. The number of rotatable bonds is 7. The maximum atomic E-state index is 11.8. The molecule has 0 saturated carbocycles. The molecule has 21 heavy (non-hydrogen) atoms. The summed E-state index contributed by atoms with van der Waals surface area (Å²) in [6.07, 6.45) is 1.01. The van der Waals surface area contributed by atoms with Crippen LogP contribution in [0.1, 0.15) is 19.4 Å². The van der Waals surface area contributed by atoms with Crippen LogP contribution in [0.3, 0.4) is 0 Å². The summed E-state index contributed by atoms with van der Waals surface area (Å²) in [6.45, 7) is 4.48. The highest BCUT2D eigenvalue weighted by atomic mass is 32.2. The summed E-state index contributed by atoms with van der Waals surface area (Å²) in [7, 11) is -6.99. The molecule has 0 fully saturated rings. The van der Waals surface area contributed by atoms with E-state index in [4.69, 9.17) is 5.73 Å². The number of nitrogens with one attached hydrogen (secondary N) is 1. The van der Waals surface area contributed by atoms with Gasteiger partial charge in [0.2, 0.25) is 10.0 Å². The Morgan fingerprint density at radius 3 is 2.00 bits per heavy atom. The Labute approximate surface area is 126 Å². The second kappa shape index (κ2) is 6.33. The summed E-state index contributed by atoms with van der Waals surface area (Å²) >= 11 is 0. The minimum atomic E-state index is -3.68. The SMILES string of the molecule is CC(C)(CN)c1ccc(NS(=O)(=O)CCS(C)(=O)=O)cc1. The van der Waals surface area contributed by atoms with Crippen LogP contribution in [0, 0.1) is 0 Å². The number of nitrogens with two attached hydrogens (primary N) is 1. The van der Waals surface area contributed by atoms with Crippen molar-refractivity contribution in [2.75, 3.05) is 29.0 Å². The predicted octanol–water partition coefficient (Wildman–Crippen LogP) is 0.709. The number of hydrogen-bond donors (Lipinski definition) is 2. The van der Waals surface area contributed by atoms with Crippen molar-refractivity contribution >= 4 is 25.5 Å². The first-order valence-electron chi connectivity index (χ1n) is 6.44. The highest BCUT2D eigenvalue weighted by Crippen LogP contribution is 2.23. The first-order chi connectivity index (χ1) is 9.45. The zero-order valence-electron chi connectivity index (χ0n) is 12.5. The Kier molecular flexibility index (Phi) is 5.40. The summed E-state index contributed by atoms with van der Waals surface area (Å²) in [5.74, 6) is -0.859. The molecule has 0 heterocycles. The van der Waals surface area contributed by atoms with Crippen LogP contribution in [-0.2, 0) is 25.3 Å². The largest absolute Gasteiger partial charge is 0.330 e. The number of benzene rings is 1. The van der Waals surface area contributed by atoms with Gasteiger partial charge in [-0.3, -0.25) is 4.72 Å². The number of hydrogen-bond acceptors (Lipinski definition) is 5. The van der Waals surface area contributed by atoms with Crippen molar-refractivity contribution in [3.63, 3.8) is 0 Å². The molecule has 0 aliphatic heterocycles. The molecule has 0 atom stereocenters. The minimum absolute atomic E-state index is 0.187. The number of anilines is 1. The molecule has 0 aromatic heterocycles. The van der Waals surface area contributed by atoms with Gasteiger partial charge in [0.15, 0.2) is 0 Å². The van der Waals surface area contributed by atoms with E-state index in [1.807, 2.05) is 13.8 Å². The molecular formula is C13H22N2O4S2. The molecule has 1 aromatic rings. The van der Waals surface area contributed by atoms with Gasteiger partial charge in [0.1, 0.15) is 9.84 Å². The van der Waals surface area contributed by atoms with Gasteiger partial charge in [-0.2, -0.15) is 0 Å². The fourth-order valence-electron chi connectivity index (χ4n) is 1.60. The highest BCUT2D eigenvalue weighted by molar-refractivity contribution is 7.95. The first-order valence-corrected chi connectivity index (χ1v) is 10.2. The maximum Gasteiger partial charge on any atom is 0.233 e. The van der Waals surface area contributed by atoms with E-state index in [2.05, 4.69) is 4.72 Å². The molecule has 0 radical (unpaired) electrons. The number of sulfonamides is 1. The van der Waals surface area contributed by atoms with Crippen molar-refractivity contribution in [3.8, 4) is 0 Å². The minimum Gasteiger partial charge on any atom is -0.330 e. The van der Waals surface area contributed by atoms with Crippen LogP contribution in [0.2, 0.25) is 0 Å². The van der Waals surface area contributed by atoms with Crippen LogP contribution in [0.5, 0.6) is 0 Å². The van der Waals surface area contributed by atoms with Crippen LogP contribution in [0.15, 0.2) is 24.3 Å². The summed E-state index contributed by atoms with van der Waals surface area (Å²) in [4.78, 5) is 0. The predicted molar refractivity (Wildman–Crippen MR) is 85.6 cm³/mol. The van der Waals surface area contributed by atoms with Crippen LogP contribution >= 0.6 is 0 Å². The quantitative estimate of drug-likeness (QED) is 0.764. The van der Waals surface area contributed by atoms with E-state index < -0.39 is 31.4 Å². The molecule has 1 aromatic carbocycles. The second-order valence-corrected chi connectivity index (χ2v) is 9.82. The van der Waals surface area contributed by atoms with E-state index in [9.17, 15) is 16.8 Å². The Bertz CT molecular complexity index is 677. The lowest BCUT2D eigenvalue weighted by Gasteiger charge is -2.23. The Balaban J connectivity index is 2.80. The maximum absolute atomic E-state index is 11.8. The molecular weight excluding hydrogens is 312 g/mol. The van der Waals surface area contributed by atoms with Gasteiger partial charge in [-0.1, -0.05) is 26.0 Å². The third-order valence-corrected chi connectivity index (χ3v) is 5.67. The molecule has 0 bridgehead atoms. The summed E-state index contributed by atoms with van der Waals surface area (Å²) in [5.41, 5.74) is 6.91. The van der Waals surface area contributed by atoms with Gasteiger partial charge in [-0.05, 0) is 17.7 Å². The molecule has 3 N–H and O–H groups in total. The molecule has 0 aliphatic carbocycles. The van der Waals surface area contributed by atoms with Crippen molar-refractivity contribution in [2.45, 2.75) is 19.3 Å². The molecule has 0 saturated heterocycles. The van der Waals surface area contributed by atoms with E-state index in [1.54, 1.807) is 24.3 Å². The highest BCUT2D eigenvalue weighted by Gasteiger charge is 2.19. The molecule has 0 spiro atoms. The van der Waals surface area contributed by atoms with Gasteiger partial charge in [0.05, 0.1) is 11.5 Å². The van der Waals surface area contributed by atoms with E-state index in [1.165, 1.54) is 0 Å². The average Bonchev–Trinajstić information content (AvgIpc) is 2.36. The third kappa shape index (κ3) is 6.03. The Morgan fingerprint density at radius 2 is 1.57 bits per heavy atom. The van der Waals surface area contributed by atoms with Crippen LogP contribution in [0.4, 0.5) is 5.69 Å². The lowest BCUT2D eigenvalue weighted by molar-refractivity contribution is 0.539. The first kappa shape index (κ1) is 17.9. The van der Waals surface area contributed by atoms with Gasteiger partial charge in [0, 0.05) is 23.9 Å². The van der Waals surface area contributed by atoms with E-state index in [0.29, 0.717) is 12.2 Å². The molecule has 0 amide bonds. The van der Waals surface area contributed by atoms with Crippen LogP contribution in [-0.4, -0.2) is 41.1 Å². The van der Waals surface area contributed by atoms with Gasteiger partial charge in [-0.25, -0.2) is 16.8 Å². The average molecular weight is 334 g/mol. The van der Waals surface area contributed by atoms with Gasteiger partial charge < -0.3 is 5.73 Å². The lowest BCUT2D eigenvalue weighted by Crippen LogP contribution is -2.28. The lowest BCUT2D eigenvalue weighted by atomic mass is 9.85. The van der Waals surface area contributed by atoms with Crippen LogP contribution < -0.4 is 10.5 Å². The monoisotopic (exact) mass is 334 g/mol. The standard InChI is InChI=1S/C13H22N2O4S2/c1-13(2,10-14)11-4-6-12(7-5-11)15-21(18,19)9-8-20(3,16)17/h4-7,15H,8-10,14H2,1-3H3. The zero-order chi connectivity index (χ0) is 16.3. The molecule has 8 heteroatoms. The smallest absolute Gasteiger partial charge is 0.233 e. The van der Waals surface area contributed by atoms with E-state index in [-0.39, 0.29) is 5.41 Å². The fraction of sp³-hybridized carbons (Fsp3) is 0.538. The summed E-state index contributed by atoms with van der Waals surface area (Å²) < 4.78 is 48.0. The second-order valence-electron chi connectivity index (χ2n) is 5.72. The molecule has 0 unspecified atom stereocenters. The van der Waals surface area contributed by atoms with Gasteiger partial charge in [-0.15, -0.1) is 0 Å². The summed E-state index contributed by atoms with van der Waals surface area (Å²) in [6, 6.07) is 6.90. The molecule has 0 aliphatic rings. The van der Waals surface area contributed by atoms with Crippen molar-refractivity contribution in [2.24, 2.45) is 5.73 Å². The molecule has 120 valence electrons. The third-order valence-electron chi connectivity index (χ3n) is 3.17. The normalized spacial score (nSPS) is 13.1. The van der Waals surface area contributed by atoms with E-state index in [0.717, 1.165) is 11.8 Å². The molecule has 1 rings (SSSR count). The number of sulfone groups is 1. The Morgan fingerprint density at radius 1 is 1.05 bits per heavy atom. The van der Waals surface area contributed by atoms with Crippen molar-refractivity contribution in [3.05, 3.63) is 29.8 Å².